The third-order valence-electron chi connectivity index (χ3n) is 5.17. The number of aromatic nitrogens is 2. The van der Waals surface area contributed by atoms with Crippen LogP contribution in [0.15, 0.2) is 6.33 Å². The molecular weight excluding hydrogens is 234 g/mol. The van der Waals surface area contributed by atoms with Gasteiger partial charge in [0, 0.05) is 17.8 Å². The number of fused-ring (bicyclic) bond motifs is 1. The number of nitrogens with one attached hydrogen (secondary N) is 1. The fourth-order valence-corrected chi connectivity index (χ4v) is 3.45. The number of anilines is 1. The zero-order valence-electron chi connectivity index (χ0n) is 12.0. The van der Waals surface area contributed by atoms with E-state index in [1.807, 2.05) is 0 Å². The summed E-state index contributed by atoms with van der Waals surface area (Å²) >= 11 is 0. The van der Waals surface area contributed by atoms with E-state index in [1.54, 1.807) is 6.33 Å². The predicted octanol–water partition coefficient (Wildman–Crippen LogP) is 3.74. The van der Waals surface area contributed by atoms with Gasteiger partial charge in [-0.3, -0.25) is 0 Å². The maximum absolute atomic E-state index is 4.51. The Labute approximate surface area is 116 Å². The summed E-state index contributed by atoms with van der Waals surface area (Å²) in [5.74, 6) is 1.12. The SMILES string of the molecule is CCC1(CNc2ncnc3c2CCCCC3)CCC1. The molecule has 0 saturated heterocycles. The van der Waals surface area contributed by atoms with E-state index >= 15 is 0 Å². The van der Waals surface area contributed by atoms with Crippen LogP contribution in [0.5, 0.6) is 0 Å². The molecule has 3 rings (SSSR count). The number of aryl methyl sites for hydroxylation is 1. The lowest BCUT2D eigenvalue weighted by atomic mass is 9.67. The van der Waals surface area contributed by atoms with Crippen LogP contribution >= 0.6 is 0 Å². The van der Waals surface area contributed by atoms with Crippen LogP contribution in [0.1, 0.15) is 63.1 Å². The Kier molecular flexibility index (Phi) is 3.72. The molecule has 1 fully saturated rings. The van der Waals surface area contributed by atoms with E-state index in [0.29, 0.717) is 5.41 Å². The van der Waals surface area contributed by atoms with Crippen molar-refractivity contribution in [2.75, 3.05) is 11.9 Å². The Morgan fingerprint density at radius 2 is 1.95 bits per heavy atom. The first-order valence-corrected chi connectivity index (χ1v) is 7.90. The normalized spacial score (nSPS) is 21.1. The summed E-state index contributed by atoms with van der Waals surface area (Å²) in [5.41, 5.74) is 3.22. The molecule has 19 heavy (non-hydrogen) atoms. The van der Waals surface area contributed by atoms with Gasteiger partial charge in [0.05, 0.1) is 0 Å². The Hall–Kier alpha value is -1.12. The van der Waals surface area contributed by atoms with Crippen LogP contribution in [0, 0.1) is 5.41 Å². The Balaban J connectivity index is 1.74. The first-order valence-electron chi connectivity index (χ1n) is 7.90. The molecular formula is C16H25N3. The minimum absolute atomic E-state index is 0.544. The average molecular weight is 259 g/mol. The van der Waals surface area contributed by atoms with Gasteiger partial charge in [0.25, 0.3) is 0 Å². The van der Waals surface area contributed by atoms with E-state index in [0.717, 1.165) is 25.2 Å². The largest absolute Gasteiger partial charge is 0.369 e. The second-order valence-electron chi connectivity index (χ2n) is 6.27. The van der Waals surface area contributed by atoms with Gasteiger partial charge in [-0.15, -0.1) is 0 Å². The van der Waals surface area contributed by atoms with Gasteiger partial charge in [-0.25, -0.2) is 9.97 Å². The first kappa shape index (κ1) is 12.9. The molecule has 2 aliphatic rings. The van der Waals surface area contributed by atoms with Crippen molar-refractivity contribution < 1.29 is 0 Å². The van der Waals surface area contributed by atoms with Crippen molar-refractivity contribution in [3.63, 3.8) is 0 Å². The monoisotopic (exact) mass is 259 g/mol. The molecule has 1 saturated carbocycles. The van der Waals surface area contributed by atoms with Gasteiger partial charge in [0.15, 0.2) is 0 Å². The topological polar surface area (TPSA) is 37.8 Å². The lowest BCUT2D eigenvalue weighted by Gasteiger charge is -2.41. The van der Waals surface area contributed by atoms with Crippen LogP contribution in [0.3, 0.4) is 0 Å². The molecule has 0 radical (unpaired) electrons. The summed E-state index contributed by atoms with van der Waals surface area (Å²) in [6.45, 7) is 3.41. The maximum Gasteiger partial charge on any atom is 0.132 e. The summed E-state index contributed by atoms with van der Waals surface area (Å²) in [5, 5.41) is 3.64. The van der Waals surface area contributed by atoms with Crippen molar-refractivity contribution >= 4 is 5.82 Å². The summed E-state index contributed by atoms with van der Waals surface area (Å²) in [7, 11) is 0. The van der Waals surface area contributed by atoms with Crippen LogP contribution in [0.2, 0.25) is 0 Å². The molecule has 0 aliphatic heterocycles. The predicted molar refractivity (Wildman–Crippen MR) is 78.4 cm³/mol. The highest BCUT2D eigenvalue weighted by Crippen LogP contribution is 2.43. The molecule has 3 nitrogen and oxygen atoms in total. The van der Waals surface area contributed by atoms with Crippen molar-refractivity contribution in [2.24, 2.45) is 5.41 Å². The highest BCUT2D eigenvalue weighted by atomic mass is 15.0. The minimum Gasteiger partial charge on any atom is -0.369 e. The third-order valence-corrected chi connectivity index (χ3v) is 5.17. The zero-order chi connectivity index (χ0) is 13.1. The van der Waals surface area contributed by atoms with Crippen molar-refractivity contribution in [1.82, 2.24) is 9.97 Å². The molecule has 1 N–H and O–H groups in total. The second-order valence-corrected chi connectivity index (χ2v) is 6.27. The van der Waals surface area contributed by atoms with Crippen molar-refractivity contribution in [1.29, 1.82) is 0 Å². The Morgan fingerprint density at radius 3 is 2.68 bits per heavy atom. The lowest BCUT2D eigenvalue weighted by molar-refractivity contribution is 0.145. The first-order chi connectivity index (χ1) is 9.33. The highest BCUT2D eigenvalue weighted by molar-refractivity contribution is 5.46. The van der Waals surface area contributed by atoms with Crippen molar-refractivity contribution in [3.05, 3.63) is 17.6 Å². The Morgan fingerprint density at radius 1 is 1.11 bits per heavy atom. The van der Waals surface area contributed by atoms with E-state index in [-0.39, 0.29) is 0 Å². The molecule has 104 valence electrons. The van der Waals surface area contributed by atoms with Gasteiger partial charge in [-0.05, 0) is 50.4 Å². The number of nitrogens with zero attached hydrogens (tertiary/aromatic N) is 2. The van der Waals surface area contributed by atoms with Gasteiger partial charge in [-0.2, -0.15) is 0 Å². The minimum atomic E-state index is 0.544. The van der Waals surface area contributed by atoms with Gasteiger partial charge in [-0.1, -0.05) is 19.8 Å². The molecule has 2 aliphatic carbocycles. The van der Waals surface area contributed by atoms with E-state index < -0.39 is 0 Å². The van der Waals surface area contributed by atoms with Crippen LogP contribution < -0.4 is 5.32 Å². The molecule has 0 amide bonds. The van der Waals surface area contributed by atoms with Gasteiger partial charge in [0.2, 0.25) is 0 Å². The molecule has 1 heterocycles. The smallest absolute Gasteiger partial charge is 0.132 e. The van der Waals surface area contributed by atoms with Crippen LogP contribution in [0.4, 0.5) is 5.82 Å². The lowest BCUT2D eigenvalue weighted by Crippen LogP contribution is -2.36. The van der Waals surface area contributed by atoms with Crippen LogP contribution in [-0.2, 0) is 12.8 Å². The highest BCUT2D eigenvalue weighted by Gasteiger charge is 2.35. The number of rotatable bonds is 4. The second kappa shape index (κ2) is 5.48. The van der Waals surface area contributed by atoms with E-state index in [2.05, 4.69) is 22.2 Å². The summed E-state index contributed by atoms with van der Waals surface area (Å²) in [6.07, 6.45) is 13.4. The maximum atomic E-state index is 4.51. The Bertz CT molecular complexity index is 432. The van der Waals surface area contributed by atoms with Gasteiger partial charge in [0.1, 0.15) is 12.1 Å². The summed E-state index contributed by atoms with van der Waals surface area (Å²) in [4.78, 5) is 8.99. The summed E-state index contributed by atoms with van der Waals surface area (Å²) in [6, 6.07) is 0. The van der Waals surface area contributed by atoms with Gasteiger partial charge < -0.3 is 5.32 Å². The zero-order valence-corrected chi connectivity index (χ0v) is 12.0. The molecule has 1 aromatic heterocycles. The molecule has 1 aromatic rings. The summed E-state index contributed by atoms with van der Waals surface area (Å²) < 4.78 is 0. The van der Waals surface area contributed by atoms with E-state index in [1.165, 1.54) is 56.2 Å². The molecule has 0 unspecified atom stereocenters. The number of hydrogen-bond acceptors (Lipinski definition) is 3. The van der Waals surface area contributed by atoms with E-state index in [9.17, 15) is 0 Å². The molecule has 0 spiro atoms. The number of hydrogen-bond donors (Lipinski definition) is 1. The molecule has 3 heteroatoms. The molecule has 0 aromatic carbocycles. The molecule has 0 bridgehead atoms. The quantitative estimate of drug-likeness (QED) is 0.837. The van der Waals surface area contributed by atoms with Crippen molar-refractivity contribution in [2.45, 2.75) is 64.7 Å². The van der Waals surface area contributed by atoms with E-state index in [4.69, 9.17) is 0 Å². The van der Waals surface area contributed by atoms with Crippen LogP contribution in [0.25, 0.3) is 0 Å². The fraction of sp³-hybridized carbons (Fsp3) is 0.750. The van der Waals surface area contributed by atoms with Crippen LogP contribution in [-0.4, -0.2) is 16.5 Å². The van der Waals surface area contributed by atoms with Crippen molar-refractivity contribution in [3.8, 4) is 0 Å². The fourth-order valence-electron chi connectivity index (χ4n) is 3.45. The third kappa shape index (κ3) is 2.60. The average Bonchev–Trinajstić information content (AvgIpc) is 2.63. The molecule has 0 atom stereocenters. The standard InChI is InChI=1S/C16H25N3/c1-2-16(9-6-10-16)11-17-15-13-7-4-3-5-8-14(13)18-12-19-15/h12H,2-11H2,1H3,(H,17,18,19). The van der Waals surface area contributed by atoms with Gasteiger partial charge >= 0.3 is 0 Å².